The van der Waals surface area contributed by atoms with E-state index in [-0.39, 0.29) is 11.3 Å². The maximum absolute atomic E-state index is 5.77. The van der Waals surface area contributed by atoms with Crippen molar-refractivity contribution in [2.24, 2.45) is 0 Å². The van der Waals surface area contributed by atoms with Gasteiger partial charge in [0.05, 0.1) is 31.1 Å². The number of aromatic nitrogens is 7. The Labute approximate surface area is 235 Å². The highest BCUT2D eigenvalue weighted by molar-refractivity contribution is 6.42. The van der Waals surface area contributed by atoms with Gasteiger partial charge < -0.3 is 25.2 Å². The summed E-state index contributed by atoms with van der Waals surface area (Å²) in [6.07, 6.45) is 9.27. The van der Waals surface area contributed by atoms with Crippen molar-refractivity contribution in [3.63, 3.8) is 0 Å². The Morgan fingerprint density at radius 2 is 1.68 bits per heavy atom. The second kappa shape index (κ2) is 11.6. The van der Waals surface area contributed by atoms with E-state index in [1.165, 1.54) is 5.56 Å². The van der Waals surface area contributed by atoms with Crippen LogP contribution in [0.2, 0.25) is 0 Å². The topological polar surface area (TPSA) is 122 Å². The molecule has 0 amide bonds. The molecule has 0 unspecified atom stereocenters. The molecule has 6 rings (SSSR count). The summed E-state index contributed by atoms with van der Waals surface area (Å²) in [7, 11) is 4.40. The van der Waals surface area contributed by atoms with Gasteiger partial charge in [0, 0.05) is 57.9 Å². The molecule has 12 nitrogen and oxygen atoms in total. The lowest BCUT2D eigenvalue weighted by Gasteiger charge is -2.35. The van der Waals surface area contributed by atoms with Crippen LogP contribution in [0.3, 0.4) is 0 Å². The van der Waals surface area contributed by atoms with E-state index < -0.39 is 0 Å². The second-order valence-electron chi connectivity index (χ2n) is 10.6. The first-order chi connectivity index (χ1) is 19.5. The van der Waals surface area contributed by atoms with Crippen LogP contribution in [-0.4, -0.2) is 102 Å². The molecular formula is C26H33B2N11O. The van der Waals surface area contributed by atoms with Crippen LogP contribution in [0.15, 0.2) is 61.4 Å². The van der Waals surface area contributed by atoms with Crippen molar-refractivity contribution in [3.8, 4) is 0 Å². The number of ether oxygens (including phenoxy) is 1. The summed E-state index contributed by atoms with van der Waals surface area (Å²) in [5.41, 5.74) is 3.16. The van der Waals surface area contributed by atoms with Crippen molar-refractivity contribution in [1.82, 2.24) is 40.0 Å². The molecule has 1 atom stereocenters. The zero-order valence-electron chi connectivity index (χ0n) is 22.9. The van der Waals surface area contributed by atoms with Gasteiger partial charge in [-0.3, -0.25) is 4.68 Å². The monoisotopic (exact) mass is 537 g/mol. The van der Waals surface area contributed by atoms with Crippen molar-refractivity contribution >= 4 is 39.2 Å². The maximum Gasteiger partial charge on any atom is 0.232 e. The third kappa shape index (κ3) is 5.92. The number of piperazine rings is 1. The fourth-order valence-corrected chi connectivity index (χ4v) is 5.04. The predicted octanol–water partition coefficient (Wildman–Crippen LogP) is -0.616. The van der Waals surface area contributed by atoms with E-state index in [0.29, 0.717) is 18.4 Å². The Morgan fingerprint density at radius 3 is 2.40 bits per heavy atom. The SMILES string of the molecule is BC(B)(c1ccccc1)c1cnc(N2CCN(c3ncnc(Nc4cnn(C[C@@H]5CNCCO5)c4)n3)CC2)nc1. The van der Waals surface area contributed by atoms with Crippen LogP contribution in [0.4, 0.5) is 23.5 Å². The lowest BCUT2D eigenvalue weighted by molar-refractivity contribution is 0.0161. The van der Waals surface area contributed by atoms with Crippen molar-refractivity contribution < 1.29 is 4.74 Å². The van der Waals surface area contributed by atoms with Crippen LogP contribution in [0.1, 0.15) is 11.1 Å². The molecular weight excluding hydrogens is 504 g/mol. The average Bonchev–Trinajstić information content (AvgIpc) is 3.44. The summed E-state index contributed by atoms with van der Waals surface area (Å²) >= 11 is 0. The number of hydrogen-bond donors (Lipinski definition) is 2. The molecule has 3 aromatic heterocycles. The second-order valence-corrected chi connectivity index (χ2v) is 10.6. The van der Waals surface area contributed by atoms with Gasteiger partial charge in [-0.2, -0.15) is 10.1 Å². The van der Waals surface area contributed by atoms with Gasteiger partial charge in [0.25, 0.3) is 0 Å². The van der Waals surface area contributed by atoms with Gasteiger partial charge in [-0.05, 0) is 10.8 Å². The largest absolute Gasteiger partial charge is 0.374 e. The number of rotatable bonds is 8. The number of benzene rings is 1. The normalized spacial score (nSPS) is 18.1. The maximum atomic E-state index is 5.77. The molecule has 2 N–H and O–H groups in total. The molecule has 14 heteroatoms. The highest BCUT2D eigenvalue weighted by Gasteiger charge is 2.26. The van der Waals surface area contributed by atoms with Crippen LogP contribution in [0.5, 0.6) is 0 Å². The van der Waals surface area contributed by atoms with Crippen molar-refractivity contribution in [3.05, 3.63) is 72.6 Å². The Kier molecular flexibility index (Phi) is 7.60. The number of morpholine rings is 1. The van der Waals surface area contributed by atoms with Gasteiger partial charge in [-0.15, -0.1) is 0 Å². The average molecular weight is 537 g/mol. The summed E-state index contributed by atoms with van der Waals surface area (Å²) in [5, 5.41) is 10.9. The molecule has 4 aromatic rings. The molecule has 2 fully saturated rings. The molecule has 5 heterocycles. The smallest absolute Gasteiger partial charge is 0.232 e. The van der Waals surface area contributed by atoms with E-state index in [1.807, 2.05) is 29.3 Å². The highest BCUT2D eigenvalue weighted by atomic mass is 16.5. The quantitative estimate of drug-likeness (QED) is 0.280. The third-order valence-corrected chi connectivity index (χ3v) is 7.54. The van der Waals surface area contributed by atoms with E-state index in [1.54, 1.807) is 12.5 Å². The molecule has 204 valence electrons. The van der Waals surface area contributed by atoms with Gasteiger partial charge in [0.15, 0.2) is 0 Å². The minimum atomic E-state index is -0.164. The van der Waals surface area contributed by atoms with E-state index >= 15 is 0 Å². The van der Waals surface area contributed by atoms with E-state index in [4.69, 9.17) is 14.7 Å². The van der Waals surface area contributed by atoms with Gasteiger partial charge in [-0.25, -0.2) is 19.9 Å². The highest BCUT2D eigenvalue weighted by Crippen LogP contribution is 2.25. The van der Waals surface area contributed by atoms with Crippen LogP contribution < -0.4 is 20.4 Å². The number of hydrogen-bond acceptors (Lipinski definition) is 11. The van der Waals surface area contributed by atoms with Gasteiger partial charge >= 0.3 is 0 Å². The van der Waals surface area contributed by atoms with Gasteiger partial charge in [-0.1, -0.05) is 35.9 Å². The standard InChI is InChI=1S/C26H33B2N11O/c27-26(28,19-4-2-1-3-5-19)20-12-30-24(31-13-20)37-7-9-38(10-8-37)25-33-18-32-23(36-25)35-21-14-34-39(16-21)17-22-15-29-6-11-40-22/h1-5,12-14,16,18,22,29H,6-11,15,17,27-28H2,(H,32,33,35,36)/t22-/m0/s1. The van der Waals surface area contributed by atoms with E-state index in [2.05, 4.69) is 80.4 Å². The van der Waals surface area contributed by atoms with Crippen LogP contribution in [0.25, 0.3) is 0 Å². The van der Waals surface area contributed by atoms with Crippen LogP contribution >= 0.6 is 0 Å². The zero-order valence-corrected chi connectivity index (χ0v) is 22.9. The fourth-order valence-electron chi connectivity index (χ4n) is 5.04. The van der Waals surface area contributed by atoms with Crippen molar-refractivity contribution in [2.75, 3.05) is 61.0 Å². The summed E-state index contributed by atoms with van der Waals surface area (Å²) in [6.45, 7) is 6.23. The molecule has 2 aliphatic heterocycles. The zero-order chi connectivity index (χ0) is 27.4. The minimum absolute atomic E-state index is 0.119. The number of nitrogens with one attached hydrogen (secondary N) is 2. The van der Waals surface area contributed by atoms with Crippen LogP contribution in [-0.2, 0) is 16.5 Å². The molecule has 0 bridgehead atoms. The summed E-state index contributed by atoms with van der Waals surface area (Å²) in [6, 6.07) is 10.5. The molecule has 0 saturated carbocycles. The number of anilines is 4. The Hall–Kier alpha value is -4.03. The molecule has 0 spiro atoms. The molecule has 1 aromatic carbocycles. The molecule has 0 aliphatic carbocycles. The third-order valence-electron chi connectivity index (χ3n) is 7.54. The lowest BCUT2D eigenvalue weighted by Crippen LogP contribution is -2.47. The Bertz CT molecular complexity index is 1390. The van der Waals surface area contributed by atoms with Crippen molar-refractivity contribution in [2.45, 2.75) is 17.9 Å². The first-order valence-corrected chi connectivity index (χ1v) is 13.7. The molecule has 2 aliphatic rings. The van der Waals surface area contributed by atoms with E-state index in [9.17, 15) is 0 Å². The minimum Gasteiger partial charge on any atom is -0.374 e. The summed E-state index contributed by atoms with van der Waals surface area (Å²) in [5.74, 6) is 1.88. The van der Waals surface area contributed by atoms with Gasteiger partial charge in [0.2, 0.25) is 17.8 Å². The lowest BCUT2D eigenvalue weighted by atomic mass is 9.48. The summed E-state index contributed by atoms with van der Waals surface area (Å²) in [4.78, 5) is 27.2. The van der Waals surface area contributed by atoms with Crippen molar-refractivity contribution in [1.29, 1.82) is 0 Å². The van der Waals surface area contributed by atoms with E-state index in [0.717, 1.165) is 63.1 Å². The van der Waals surface area contributed by atoms with Crippen LogP contribution in [0, 0.1) is 0 Å². The fraction of sp³-hybridized carbons (Fsp3) is 0.385. The predicted molar refractivity (Wildman–Crippen MR) is 159 cm³/mol. The first kappa shape index (κ1) is 26.2. The summed E-state index contributed by atoms with van der Waals surface area (Å²) < 4.78 is 7.64. The Balaban J connectivity index is 1.04. The Morgan fingerprint density at radius 1 is 0.925 bits per heavy atom. The molecule has 40 heavy (non-hydrogen) atoms. The number of nitrogens with zero attached hydrogens (tertiary/aromatic N) is 9. The first-order valence-electron chi connectivity index (χ1n) is 13.7. The molecule has 0 radical (unpaired) electrons. The van der Waals surface area contributed by atoms with Gasteiger partial charge in [0.1, 0.15) is 22.0 Å². The molecule has 2 saturated heterocycles.